The van der Waals surface area contributed by atoms with Crippen LogP contribution in [0.2, 0.25) is 0 Å². The Balaban J connectivity index is 1.88. The lowest BCUT2D eigenvalue weighted by atomic mass is 10.0. The van der Waals surface area contributed by atoms with Gasteiger partial charge in [-0.25, -0.2) is 8.42 Å². The molecule has 1 aliphatic rings. The minimum atomic E-state index is -3.70. The summed E-state index contributed by atoms with van der Waals surface area (Å²) in [5.74, 6) is 0.121. The fraction of sp³-hybridized carbons (Fsp3) is 0.381. The molecule has 3 rings (SSSR count). The molecule has 0 aromatic heterocycles. The maximum atomic E-state index is 13.0. The van der Waals surface area contributed by atoms with Crippen molar-refractivity contribution in [2.75, 3.05) is 16.2 Å². The van der Waals surface area contributed by atoms with Crippen LogP contribution in [0.4, 0.5) is 11.4 Å². The smallest absolute Gasteiger partial charge is 0.262 e. The summed E-state index contributed by atoms with van der Waals surface area (Å²) < 4.78 is 28.7. The van der Waals surface area contributed by atoms with Crippen LogP contribution in [0.15, 0.2) is 35.2 Å². The van der Waals surface area contributed by atoms with Crippen molar-refractivity contribution in [3.05, 3.63) is 52.6 Å². The van der Waals surface area contributed by atoms with E-state index in [1.807, 2.05) is 33.8 Å². The third kappa shape index (κ3) is 3.86. The number of rotatable bonds is 4. The van der Waals surface area contributed by atoms with Crippen LogP contribution in [-0.4, -0.2) is 20.9 Å². The number of hydrogen-bond donors (Lipinski definition) is 1. The molecule has 1 N–H and O–H groups in total. The molecule has 1 amide bonds. The first kappa shape index (κ1) is 19.4. The number of aryl methyl sites for hydroxylation is 2. The highest BCUT2D eigenvalue weighted by Crippen LogP contribution is 2.29. The molecule has 0 spiro atoms. The lowest BCUT2D eigenvalue weighted by molar-refractivity contribution is -0.119. The molecule has 5 nitrogen and oxygen atoms in total. The Kier molecular flexibility index (Phi) is 5.29. The molecule has 144 valence electrons. The first-order valence-electron chi connectivity index (χ1n) is 9.21. The Morgan fingerprint density at radius 3 is 2.07 bits per heavy atom. The van der Waals surface area contributed by atoms with Crippen LogP contribution < -0.4 is 9.62 Å². The zero-order valence-electron chi connectivity index (χ0n) is 16.3. The number of nitrogens with one attached hydrogen (secondary N) is 1. The van der Waals surface area contributed by atoms with Crippen molar-refractivity contribution >= 4 is 27.3 Å². The third-order valence-corrected chi connectivity index (χ3v) is 6.97. The number of carbonyl (C=O) groups is 1. The first-order chi connectivity index (χ1) is 12.7. The van der Waals surface area contributed by atoms with Gasteiger partial charge in [0.05, 0.1) is 4.90 Å². The quantitative estimate of drug-likeness (QED) is 0.855. The summed E-state index contributed by atoms with van der Waals surface area (Å²) in [6, 6.07) is 9.02. The Bertz CT molecular complexity index is 953. The van der Waals surface area contributed by atoms with Crippen molar-refractivity contribution in [2.45, 2.75) is 51.9 Å². The number of piperidine rings is 1. The topological polar surface area (TPSA) is 66.5 Å². The molecule has 0 atom stereocenters. The molecule has 0 aliphatic carbocycles. The van der Waals surface area contributed by atoms with E-state index in [2.05, 4.69) is 4.72 Å². The summed E-state index contributed by atoms with van der Waals surface area (Å²) in [6.07, 6.45) is 2.49. The second kappa shape index (κ2) is 7.35. The molecule has 27 heavy (non-hydrogen) atoms. The van der Waals surface area contributed by atoms with Crippen molar-refractivity contribution in [2.24, 2.45) is 0 Å². The van der Waals surface area contributed by atoms with E-state index >= 15 is 0 Å². The fourth-order valence-electron chi connectivity index (χ4n) is 3.58. The van der Waals surface area contributed by atoms with Crippen molar-refractivity contribution in [3.63, 3.8) is 0 Å². The monoisotopic (exact) mass is 386 g/mol. The second-order valence-corrected chi connectivity index (χ2v) is 8.86. The predicted octanol–water partition coefficient (Wildman–Crippen LogP) is 4.24. The molecule has 1 fully saturated rings. The number of anilines is 2. The minimum absolute atomic E-state index is 0.121. The summed E-state index contributed by atoms with van der Waals surface area (Å²) in [7, 11) is -3.70. The normalized spacial score (nSPS) is 15.1. The van der Waals surface area contributed by atoms with Crippen molar-refractivity contribution in [1.82, 2.24) is 0 Å². The number of amides is 1. The molecule has 0 bridgehead atoms. The number of benzene rings is 2. The largest absolute Gasteiger partial charge is 0.312 e. The van der Waals surface area contributed by atoms with Gasteiger partial charge >= 0.3 is 0 Å². The molecule has 0 unspecified atom stereocenters. The molecule has 1 aliphatic heterocycles. The Labute approximate surface area is 161 Å². The Hall–Kier alpha value is -2.34. The van der Waals surface area contributed by atoms with Crippen LogP contribution in [0, 0.1) is 27.7 Å². The van der Waals surface area contributed by atoms with E-state index in [0.717, 1.165) is 40.8 Å². The zero-order chi connectivity index (χ0) is 19.8. The van der Waals surface area contributed by atoms with E-state index in [4.69, 9.17) is 0 Å². The average molecular weight is 387 g/mol. The summed E-state index contributed by atoms with van der Waals surface area (Å²) >= 11 is 0. The van der Waals surface area contributed by atoms with Gasteiger partial charge < -0.3 is 4.90 Å². The van der Waals surface area contributed by atoms with E-state index in [-0.39, 0.29) is 5.91 Å². The van der Waals surface area contributed by atoms with Gasteiger partial charge in [0.25, 0.3) is 10.0 Å². The fourth-order valence-corrected chi connectivity index (χ4v) is 5.25. The molecule has 1 saturated heterocycles. The zero-order valence-corrected chi connectivity index (χ0v) is 17.1. The van der Waals surface area contributed by atoms with Crippen molar-refractivity contribution < 1.29 is 13.2 Å². The number of carbonyl (C=O) groups excluding carboxylic acids is 1. The highest BCUT2D eigenvalue weighted by atomic mass is 32.2. The second-order valence-electron chi connectivity index (χ2n) is 7.24. The summed E-state index contributed by atoms with van der Waals surface area (Å²) in [4.78, 5) is 14.2. The van der Waals surface area contributed by atoms with Crippen LogP contribution in [0.1, 0.15) is 41.5 Å². The maximum Gasteiger partial charge on any atom is 0.262 e. The molecule has 2 aromatic carbocycles. The van der Waals surface area contributed by atoms with Crippen LogP contribution in [-0.2, 0) is 14.8 Å². The lowest BCUT2D eigenvalue weighted by Crippen LogP contribution is -2.35. The standard InChI is InChI=1S/C21H26N2O3S/c1-14-13-15(2)17(4)21(16(14)3)27(25,26)22-18-8-10-19(11-9-18)23-12-6-5-7-20(23)24/h8-11,13,22H,5-7,12H2,1-4H3. The first-order valence-corrected chi connectivity index (χ1v) is 10.7. The van der Waals surface area contributed by atoms with Crippen LogP contribution in [0.5, 0.6) is 0 Å². The van der Waals surface area contributed by atoms with Gasteiger partial charge in [-0.05, 0) is 87.1 Å². The highest BCUT2D eigenvalue weighted by Gasteiger charge is 2.23. The van der Waals surface area contributed by atoms with E-state index in [9.17, 15) is 13.2 Å². The van der Waals surface area contributed by atoms with Crippen molar-refractivity contribution in [1.29, 1.82) is 0 Å². The number of nitrogens with zero attached hydrogens (tertiary/aromatic N) is 1. The van der Waals surface area contributed by atoms with Crippen LogP contribution in [0.25, 0.3) is 0 Å². The van der Waals surface area contributed by atoms with Gasteiger partial charge in [0.2, 0.25) is 5.91 Å². The third-order valence-electron chi connectivity index (χ3n) is 5.32. The Morgan fingerprint density at radius 1 is 0.926 bits per heavy atom. The van der Waals surface area contributed by atoms with Gasteiger partial charge in [0.1, 0.15) is 0 Å². The maximum absolute atomic E-state index is 13.0. The molecule has 1 heterocycles. The number of hydrogen-bond acceptors (Lipinski definition) is 3. The lowest BCUT2D eigenvalue weighted by Gasteiger charge is -2.27. The van der Waals surface area contributed by atoms with Crippen LogP contribution >= 0.6 is 0 Å². The highest BCUT2D eigenvalue weighted by molar-refractivity contribution is 7.92. The Morgan fingerprint density at radius 2 is 1.52 bits per heavy atom. The molecule has 2 aromatic rings. The molecule has 6 heteroatoms. The molecular formula is C21H26N2O3S. The molecule has 0 radical (unpaired) electrons. The van der Waals surface area contributed by atoms with Gasteiger partial charge in [-0.3, -0.25) is 9.52 Å². The van der Waals surface area contributed by atoms with Gasteiger partial charge in [-0.15, -0.1) is 0 Å². The molecule has 0 saturated carbocycles. The van der Waals surface area contributed by atoms with Gasteiger partial charge in [0, 0.05) is 24.3 Å². The number of sulfonamides is 1. The van der Waals surface area contributed by atoms with E-state index in [1.54, 1.807) is 29.2 Å². The van der Waals surface area contributed by atoms with Gasteiger partial charge in [0.15, 0.2) is 0 Å². The predicted molar refractivity (Wildman–Crippen MR) is 109 cm³/mol. The van der Waals surface area contributed by atoms with E-state index in [1.165, 1.54) is 0 Å². The molecular weight excluding hydrogens is 360 g/mol. The minimum Gasteiger partial charge on any atom is -0.312 e. The summed E-state index contributed by atoms with van der Waals surface area (Å²) in [6.45, 7) is 8.23. The summed E-state index contributed by atoms with van der Waals surface area (Å²) in [5, 5.41) is 0. The van der Waals surface area contributed by atoms with E-state index < -0.39 is 10.0 Å². The SMILES string of the molecule is Cc1cc(C)c(C)c(S(=O)(=O)Nc2ccc(N3CCCCC3=O)cc2)c1C. The van der Waals surface area contributed by atoms with Gasteiger partial charge in [-0.2, -0.15) is 0 Å². The van der Waals surface area contributed by atoms with Gasteiger partial charge in [-0.1, -0.05) is 6.07 Å². The average Bonchev–Trinajstić information content (AvgIpc) is 2.61. The van der Waals surface area contributed by atoms with E-state index in [0.29, 0.717) is 23.5 Å². The summed E-state index contributed by atoms with van der Waals surface area (Å²) in [5.41, 5.74) is 4.74. The van der Waals surface area contributed by atoms with Crippen LogP contribution in [0.3, 0.4) is 0 Å². The van der Waals surface area contributed by atoms with Crippen molar-refractivity contribution in [3.8, 4) is 0 Å².